The Morgan fingerprint density at radius 2 is 0.647 bits per heavy atom. The lowest BCUT2D eigenvalue weighted by atomic mass is 9.78. The molecule has 8 atom stereocenters. The molecule has 0 aromatic heterocycles. The van der Waals surface area contributed by atoms with Gasteiger partial charge in [-0.2, -0.15) is 0 Å². The molecule has 12 heteroatoms. The number of carbonyl (C=O) groups excluding carboxylic acids is 4. The van der Waals surface area contributed by atoms with Crippen LogP contribution in [-0.4, -0.2) is 70.2 Å². The van der Waals surface area contributed by atoms with Crippen LogP contribution in [0.15, 0.2) is 36.4 Å². The zero-order valence-electron chi connectivity index (χ0n) is 44.3. The van der Waals surface area contributed by atoms with Gasteiger partial charge in [0.1, 0.15) is 23.0 Å². The number of hydrogen-bond acceptors (Lipinski definition) is 12. The summed E-state index contributed by atoms with van der Waals surface area (Å²) in [6.07, 6.45) is 4.87. The van der Waals surface area contributed by atoms with Crippen molar-refractivity contribution in [1.82, 2.24) is 21.3 Å². The summed E-state index contributed by atoms with van der Waals surface area (Å²) in [4.78, 5) is 57.0. The van der Waals surface area contributed by atoms with E-state index < -0.39 is 11.8 Å². The van der Waals surface area contributed by atoms with E-state index in [0.717, 1.165) is 0 Å². The van der Waals surface area contributed by atoms with Crippen LogP contribution >= 0.6 is 0 Å². The Kier molecular flexibility index (Phi) is 16.4. The van der Waals surface area contributed by atoms with Crippen molar-refractivity contribution in [2.24, 2.45) is 47.3 Å². The molecule has 2 aromatic carbocycles. The van der Waals surface area contributed by atoms with Gasteiger partial charge < -0.3 is 40.2 Å². The Hall–Kier alpha value is -3.84. The summed E-state index contributed by atoms with van der Waals surface area (Å²) in [6.45, 7) is 34.1. The Morgan fingerprint density at radius 1 is 0.412 bits per heavy atom. The number of carbonyl (C=O) groups is 4. The third-order valence-electron chi connectivity index (χ3n) is 15.1. The van der Waals surface area contributed by atoms with E-state index in [2.05, 4.69) is 132 Å². The van der Waals surface area contributed by atoms with Crippen LogP contribution in [-0.2, 0) is 19.2 Å². The van der Waals surface area contributed by atoms with Crippen molar-refractivity contribution in [3.8, 4) is 34.1 Å². The van der Waals surface area contributed by atoms with E-state index >= 15 is 0 Å². The minimum Gasteiger partial charge on any atom is -0.426 e. The van der Waals surface area contributed by atoms with Crippen LogP contribution in [0.1, 0.15) is 162 Å². The van der Waals surface area contributed by atoms with Gasteiger partial charge in [0.05, 0.1) is 23.7 Å². The Morgan fingerprint density at radius 3 is 0.882 bits per heavy atom. The molecule has 4 N–H and O–H groups in total. The molecule has 4 heterocycles. The highest BCUT2D eigenvalue weighted by Gasteiger charge is 2.43. The van der Waals surface area contributed by atoms with Crippen molar-refractivity contribution in [1.29, 1.82) is 0 Å². The van der Waals surface area contributed by atoms with Gasteiger partial charge in [0, 0.05) is 69.6 Å². The number of hydrogen-bond donors (Lipinski definition) is 4. The zero-order valence-corrected chi connectivity index (χ0v) is 44.3. The second-order valence-electron chi connectivity index (χ2n) is 25.1. The van der Waals surface area contributed by atoms with E-state index in [0.29, 0.717) is 86.2 Å². The molecular formula is C56H86N4O8. The summed E-state index contributed by atoms with van der Waals surface area (Å²) < 4.78 is 25.3. The summed E-state index contributed by atoms with van der Waals surface area (Å²) in [5.74, 6) is -0.856. The molecule has 0 spiro atoms. The van der Waals surface area contributed by atoms with Gasteiger partial charge in [0.15, 0.2) is 0 Å². The highest BCUT2D eigenvalue weighted by Crippen LogP contribution is 2.44. The molecule has 12 nitrogen and oxygen atoms in total. The van der Waals surface area contributed by atoms with Gasteiger partial charge in [-0.1, -0.05) is 55.4 Å². The van der Waals surface area contributed by atoms with Crippen molar-refractivity contribution in [3.63, 3.8) is 0 Å². The number of nitrogens with one attached hydrogen (secondary N) is 4. The largest absolute Gasteiger partial charge is 0.426 e. The third-order valence-corrected chi connectivity index (χ3v) is 15.1. The van der Waals surface area contributed by atoms with Gasteiger partial charge in [0.2, 0.25) is 0 Å². The minimum atomic E-state index is -0.408. The first-order valence-electron chi connectivity index (χ1n) is 25.8. The van der Waals surface area contributed by atoms with Crippen LogP contribution in [0.4, 0.5) is 0 Å². The summed E-state index contributed by atoms with van der Waals surface area (Å²) >= 11 is 0. The molecule has 2 aromatic rings. The predicted octanol–water partition coefficient (Wildman–Crippen LogP) is 10.2. The first-order chi connectivity index (χ1) is 31.5. The summed E-state index contributed by atoms with van der Waals surface area (Å²) in [5.41, 5.74) is -0.209. The highest BCUT2D eigenvalue weighted by atomic mass is 16.6. The van der Waals surface area contributed by atoms with E-state index in [1.54, 1.807) is 36.4 Å². The smallest absolute Gasteiger partial charge is 0.314 e. The first kappa shape index (κ1) is 53.5. The van der Waals surface area contributed by atoms with Gasteiger partial charge in [-0.05, 0) is 155 Å². The lowest BCUT2D eigenvalue weighted by Crippen LogP contribution is -2.55. The average molecular weight is 943 g/mol. The molecule has 4 aliphatic rings. The second kappa shape index (κ2) is 20.9. The van der Waals surface area contributed by atoms with E-state index in [4.69, 9.17) is 18.9 Å². The van der Waals surface area contributed by atoms with Gasteiger partial charge in [-0.15, -0.1) is 0 Å². The number of esters is 4. The first-order valence-corrected chi connectivity index (χ1v) is 25.8. The van der Waals surface area contributed by atoms with Gasteiger partial charge in [-0.25, -0.2) is 0 Å². The molecular weight excluding hydrogens is 857 g/mol. The SMILES string of the molecule is CC(C)C1CC(C(=O)Oc2ccc(-c3ccc(OC(=O)C4CC(C(C)C)NC(C)(C)C4)cc3OC(=O)C3CC(C(C)C)NC(C)(C)C3)c(OC(=O)C3CC(C(C)C)NC(C)(C)C3)c2)CC(C)(C)N1. The van der Waals surface area contributed by atoms with Gasteiger partial charge in [0.25, 0.3) is 0 Å². The molecule has 4 saturated heterocycles. The van der Waals surface area contributed by atoms with E-state index in [1.807, 2.05) is 0 Å². The van der Waals surface area contributed by atoms with Crippen LogP contribution in [0, 0.1) is 47.3 Å². The van der Waals surface area contributed by atoms with Gasteiger partial charge in [-0.3, -0.25) is 19.2 Å². The molecule has 0 bridgehead atoms. The van der Waals surface area contributed by atoms with Crippen LogP contribution in [0.5, 0.6) is 23.0 Å². The molecule has 0 amide bonds. The van der Waals surface area contributed by atoms with Crippen LogP contribution < -0.4 is 40.2 Å². The van der Waals surface area contributed by atoms with E-state index in [1.165, 1.54) is 0 Å². The Balaban J connectivity index is 1.40. The summed E-state index contributed by atoms with van der Waals surface area (Å²) in [7, 11) is 0. The maximum absolute atomic E-state index is 14.5. The monoisotopic (exact) mass is 943 g/mol. The molecule has 8 unspecified atom stereocenters. The van der Waals surface area contributed by atoms with Gasteiger partial charge >= 0.3 is 23.9 Å². The standard InChI is InChI=1S/C56H86N4O8/c1-31(2)43-21-35(27-53(9,10)57-43)49(61)65-39-17-19-41(47(25-39)67-51(63)37-23-45(33(5)6)59-55(13,14)29-37)42-20-18-40(66-50(62)36-22-44(32(3)4)58-54(11,12)28-36)26-48(42)68-52(64)38-24-46(34(7)8)60-56(15,16)30-38/h17-20,25-26,31-38,43-46,57-60H,21-24,27-30H2,1-16H3. The maximum Gasteiger partial charge on any atom is 0.314 e. The average Bonchev–Trinajstić information content (AvgIpc) is 3.21. The fourth-order valence-electron chi connectivity index (χ4n) is 11.5. The maximum atomic E-state index is 14.5. The van der Waals surface area contributed by atoms with E-state index in [9.17, 15) is 19.2 Å². The lowest BCUT2D eigenvalue weighted by Gasteiger charge is -2.42. The molecule has 0 radical (unpaired) electrons. The van der Waals surface area contributed by atoms with Crippen molar-refractivity contribution in [2.45, 2.75) is 208 Å². The summed E-state index contributed by atoms with van der Waals surface area (Å²) in [6, 6.07) is 10.6. The fourth-order valence-corrected chi connectivity index (χ4v) is 11.5. The normalized spacial score (nSPS) is 28.8. The Bertz CT molecular complexity index is 1990. The van der Waals surface area contributed by atoms with Crippen LogP contribution in [0.2, 0.25) is 0 Å². The Labute approximate surface area is 408 Å². The molecule has 0 aliphatic carbocycles. The van der Waals surface area contributed by atoms with Crippen LogP contribution in [0.25, 0.3) is 11.1 Å². The highest BCUT2D eigenvalue weighted by molar-refractivity contribution is 5.86. The topological polar surface area (TPSA) is 153 Å². The molecule has 378 valence electrons. The minimum absolute atomic E-state index is 0.107. The number of ether oxygens (including phenoxy) is 4. The fraction of sp³-hybridized carbons (Fsp3) is 0.714. The number of rotatable bonds is 13. The third kappa shape index (κ3) is 13.7. The predicted molar refractivity (Wildman–Crippen MR) is 269 cm³/mol. The molecule has 4 fully saturated rings. The quantitative estimate of drug-likeness (QED) is 0.112. The van der Waals surface area contributed by atoms with E-state index in [-0.39, 0.29) is 105 Å². The van der Waals surface area contributed by atoms with Crippen molar-refractivity contribution >= 4 is 23.9 Å². The zero-order chi connectivity index (χ0) is 50.3. The lowest BCUT2D eigenvalue weighted by molar-refractivity contribution is -0.142. The van der Waals surface area contributed by atoms with Crippen molar-refractivity contribution < 1.29 is 38.1 Å². The summed E-state index contributed by atoms with van der Waals surface area (Å²) in [5, 5.41) is 14.8. The molecule has 68 heavy (non-hydrogen) atoms. The van der Waals surface area contributed by atoms with Crippen LogP contribution in [0.3, 0.4) is 0 Å². The number of piperidine rings is 4. The second-order valence-corrected chi connectivity index (χ2v) is 25.1. The molecule has 6 rings (SSSR count). The van der Waals surface area contributed by atoms with Crippen molar-refractivity contribution in [3.05, 3.63) is 36.4 Å². The molecule has 4 aliphatic heterocycles. The molecule has 0 saturated carbocycles. The van der Waals surface area contributed by atoms with Crippen molar-refractivity contribution in [2.75, 3.05) is 0 Å². The number of benzene rings is 2.